The van der Waals surface area contributed by atoms with Crippen LogP contribution >= 0.6 is 0 Å². The molecule has 0 aromatic heterocycles. The summed E-state index contributed by atoms with van der Waals surface area (Å²) in [4.78, 5) is 0. The van der Waals surface area contributed by atoms with Crippen LogP contribution in [0, 0.1) is 13.8 Å². The van der Waals surface area contributed by atoms with E-state index in [0.29, 0.717) is 5.75 Å². The minimum Gasteiger partial charge on any atom is -0.508 e. The molecular weight excluding hydrogens is 232 g/mol. The van der Waals surface area contributed by atoms with Crippen LogP contribution in [-0.2, 0) is 0 Å². The molecule has 94 valence electrons. The minimum atomic E-state index is 0.312. The maximum Gasteiger partial charge on any atom is 0.116 e. The summed E-state index contributed by atoms with van der Waals surface area (Å²) >= 11 is 0. The lowest BCUT2D eigenvalue weighted by Crippen LogP contribution is -1.84. The Labute approximate surface area is 113 Å². The number of fused-ring (bicyclic) bond motifs is 1. The second kappa shape index (κ2) is 4.43. The zero-order chi connectivity index (χ0) is 13.4. The fourth-order valence-electron chi connectivity index (χ4n) is 2.33. The summed E-state index contributed by atoms with van der Waals surface area (Å²) < 4.78 is 0. The molecule has 0 bridgehead atoms. The number of hydrogen-bond donors (Lipinski definition) is 1. The van der Waals surface area contributed by atoms with Crippen LogP contribution in [0.2, 0.25) is 0 Å². The van der Waals surface area contributed by atoms with E-state index in [-0.39, 0.29) is 0 Å². The molecule has 3 aromatic carbocycles. The van der Waals surface area contributed by atoms with Gasteiger partial charge in [-0.2, -0.15) is 0 Å². The number of benzene rings is 3. The van der Waals surface area contributed by atoms with E-state index in [9.17, 15) is 5.11 Å². The van der Waals surface area contributed by atoms with Gasteiger partial charge in [0.25, 0.3) is 0 Å². The van der Waals surface area contributed by atoms with Crippen molar-refractivity contribution in [1.82, 2.24) is 0 Å². The lowest BCUT2D eigenvalue weighted by atomic mass is 9.98. The Morgan fingerprint density at radius 2 is 1.26 bits per heavy atom. The summed E-state index contributed by atoms with van der Waals surface area (Å²) in [6.45, 7) is 4.26. The Hall–Kier alpha value is -2.28. The predicted octanol–water partition coefficient (Wildman–Crippen LogP) is 4.83. The van der Waals surface area contributed by atoms with E-state index in [4.69, 9.17) is 0 Å². The Balaban J connectivity index is 2.14. The maximum absolute atomic E-state index is 9.48. The van der Waals surface area contributed by atoms with E-state index in [0.717, 1.165) is 10.8 Å². The summed E-state index contributed by atoms with van der Waals surface area (Å²) in [5.41, 5.74) is 5.07. The average molecular weight is 248 g/mol. The molecule has 0 atom stereocenters. The Morgan fingerprint density at radius 1 is 0.632 bits per heavy atom. The molecule has 1 N–H and O–H groups in total. The first-order valence-electron chi connectivity index (χ1n) is 6.44. The van der Waals surface area contributed by atoms with Crippen molar-refractivity contribution in [2.24, 2.45) is 0 Å². The molecule has 1 heteroatoms. The van der Waals surface area contributed by atoms with Crippen molar-refractivity contribution in [1.29, 1.82) is 0 Å². The topological polar surface area (TPSA) is 20.2 Å². The highest BCUT2D eigenvalue weighted by Gasteiger charge is 2.02. The van der Waals surface area contributed by atoms with Crippen molar-refractivity contribution in [2.75, 3.05) is 0 Å². The van der Waals surface area contributed by atoms with Gasteiger partial charge in [0.1, 0.15) is 5.75 Å². The van der Waals surface area contributed by atoms with Crippen LogP contribution in [0.5, 0.6) is 5.75 Å². The second-order valence-electron chi connectivity index (χ2n) is 5.05. The monoisotopic (exact) mass is 248 g/mol. The second-order valence-corrected chi connectivity index (χ2v) is 5.05. The Morgan fingerprint density at radius 3 is 2.05 bits per heavy atom. The number of phenols is 1. The van der Waals surface area contributed by atoms with Crippen LogP contribution < -0.4 is 0 Å². The number of aryl methyl sites for hydroxylation is 2. The number of hydrogen-bond acceptors (Lipinski definition) is 1. The quantitative estimate of drug-likeness (QED) is 0.654. The molecular formula is C18H16O. The fourth-order valence-corrected chi connectivity index (χ4v) is 2.33. The van der Waals surface area contributed by atoms with Crippen molar-refractivity contribution in [3.8, 4) is 16.9 Å². The number of phenolic OH excluding ortho intramolecular Hbond substituents is 1. The first-order chi connectivity index (χ1) is 9.13. The third-order valence-electron chi connectivity index (χ3n) is 3.66. The van der Waals surface area contributed by atoms with Gasteiger partial charge >= 0.3 is 0 Å². The van der Waals surface area contributed by atoms with Gasteiger partial charge in [0.05, 0.1) is 0 Å². The highest BCUT2D eigenvalue weighted by molar-refractivity contribution is 5.88. The number of aromatic hydroxyl groups is 1. The predicted molar refractivity (Wildman–Crippen MR) is 80.5 cm³/mol. The zero-order valence-corrected chi connectivity index (χ0v) is 11.1. The normalized spacial score (nSPS) is 10.8. The molecule has 0 saturated heterocycles. The van der Waals surface area contributed by atoms with E-state index in [1.807, 2.05) is 6.07 Å². The fraction of sp³-hybridized carbons (Fsp3) is 0.111. The molecule has 0 spiro atoms. The summed E-state index contributed by atoms with van der Waals surface area (Å²) in [7, 11) is 0. The van der Waals surface area contributed by atoms with Crippen LogP contribution in [0.3, 0.4) is 0 Å². The summed E-state index contributed by atoms with van der Waals surface area (Å²) in [5, 5.41) is 11.7. The third-order valence-corrected chi connectivity index (χ3v) is 3.66. The van der Waals surface area contributed by atoms with Gasteiger partial charge in [-0.15, -0.1) is 0 Å². The van der Waals surface area contributed by atoms with Crippen molar-refractivity contribution in [3.63, 3.8) is 0 Å². The number of rotatable bonds is 1. The maximum atomic E-state index is 9.48. The average Bonchev–Trinajstić information content (AvgIpc) is 2.41. The Bertz CT molecular complexity index is 757. The minimum absolute atomic E-state index is 0.312. The molecule has 1 nitrogen and oxygen atoms in total. The molecule has 0 aliphatic rings. The van der Waals surface area contributed by atoms with Crippen molar-refractivity contribution >= 4 is 10.8 Å². The van der Waals surface area contributed by atoms with E-state index < -0.39 is 0 Å². The highest BCUT2D eigenvalue weighted by Crippen LogP contribution is 2.27. The largest absolute Gasteiger partial charge is 0.508 e. The van der Waals surface area contributed by atoms with Crippen molar-refractivity contribution in [3.05, 3.63) is 65.7 Å². The van der Waals surface area contributed by atoms with Gasteiger partial charge in [0.15, 0.2) is 0 Å². The van der Waals surface area contributed by atoms with E-state index in [1.54, 1.807) is 12.1 Å². The molecule has 0 amide bonds. The summed E-state index contributed by atoms with van der Waals surface area (Å²) in [6.07, 6.45) is 0. The van der Waals surface area contributed by atoms with Crippen LogP contribution in [0.1, 0.15) is 11.1 Å². The SMILES string of the molecule is Cc1ccc(-c2ccc3cc(O)ccc3c2)cc1C. The standard InChI is InChI=1S/C18H16O/c1-12-3-4-14(9-13(12)2)15-5-6-17-11-18(19)8-7-16(17)10-15/h3-11,19H,1-2H3. The van der Waals surface area contributed by atoms with Gasteiger partial charge in [0, 0.05) is 0 Å². The van der Waals surface area contributed by atoms with Crippen LogP contribution in [0.25, 0.3) is 21.9 Å². The molecule has 0 fully saturated rings. The van der Waals surface area contributed by atoms with E-state index in [2.05, 4.69) is 50.2 Å². The lowest BCUT2D eigenvalue weighted by Gasteiger charge is -2.07. The summed E-state index contributed by atoms with van der Waals surface area (Å²) in [6, 6.07) is 18.3. The summed E-state index contributed by atoms with van der Waals surface area (Å²) in [5.74, 6) is 0.312. The van der Waals surface area contributed by atoms with Gasteiger partial charge in [-0.1, -0.05) is 36.4 Å². The van der Waals surface area contributed by atoms with E-state index >= 15 is 0 Å². The Kier molecular flexibility index (Phi) is 2.75. The van der Waals surface area contributed by atoms with Crippen LogP contribution in [0.4, 0.5) is 0 Å². The molecule has 3 rings (SSSR count). The van der Waals surface area contributed by atoms with Crippen LogP contribution in [-0.4, -0.2) is 5.11 Å². The van der Waals surface area contributed by atoms with Gasteiger partial charge in [-0.25, -0.2) is 0 Å². The zero-order valence-electron chi connectivity index (χ0n) is 11.1. The van der Waals surface area contributed by atoms with Gasteiger partial charge in [-0.3, -0.25) is 0 Å². The molecule has 0 unspecified atom stereocenters. The molecule has 3 aromatic rings. The first kappa shape index (κ1) is 11.8. The highest BCUT2D eigenvalue weighted by atomic mass is 16.3. The van der Waals surface area contributed by atoms with Crippen molar-refractivity contribution < 1.29 is 5.11 Å². The van der Waals surface area contributed by atoms with E-state index in [1.165, 1.54) is 22.3 Å². The lowest BCUT2D eigenvalue weighted by molar-refractivity contribution is 0.476. The van der Waals surface area contributed by atoms with Gasteiger partial charge < -0.3 is 5.11 Å². The molecule has 0 heterocycles. The van der Waals surface area contributed by atoms with Crippen LogP contribution in [0.15, 0.2) is 54.6 Å². The smallest absolute Gasteiger partial charge is 0.116 e. The molecule has 0 aliphatic carbocycles. The first-order valence-corrected chi connectivity index (χ1v) is 6.44. The van der Waals surface area contributed by atoms with Crippen molar-refractivity contribution in [2.45, 2.75) is 13.8 Å². The van der Waals surface area contributed by atoms with Gasteiger partial charge in [0.2, 0.25) is 0 Å². The molecule has 0 aliphatic heterocycles. The molecule has 19 heavy (non-hydrogen) atoms. The molecule has 0 saturated carbocycles. The molecule has 0 radical (unpaired) electrons. The third kappa shape index (κ3) is 2.19. The van der Waals surface area contributed by atoms with Gasteiger partial charge in [-0.05, 0) is 65.1 Å².